The molecular formula is C17H25N3O. The van der Waals surface area contributed by atoms with Crippen LogP contribution >= 0.6 is 0 Å². The van der Waals surface area contributed by atoms with Crippen molar-refractivity contribution in [1.29, 1.82) is 0 Å². The fourth-order valence-electron chi connectivity index (χ4n) is 2.87. The summed E-state index contributed by atoms with van der Waals surface area (Å²) in [7, 11) is 0. The van der Waals surface area contributed by atoms with Gasteiger partial charge in [0.15, 0.2) is 5.96 Å². The zero-order valence-electron chi connectivity index (χ0n) is 13.6. The van der Waals surface area contributed by atoms with Crippen LogP contribution in [-0.2, 0) is 10.8 Å². The lowest BCUT2D eigenvalue weighted by atomic mass is 9.80. The molecule has 0 amide bonds. The highest BCUT2D eigenvalue weighted by Gasteiger charge is 2.36. The number of guanidine groups is 1. The summed E-state index contributed by atoms with van der Waals surface area (Å²) >= 11 is 0. The molecule has 0 aliphatic carbocycles. The molecule has 4 nitrogen and oxygen atoms in total. The highest BCUT2D eigenvalue weighted by Crippen LogP contribution is 2.46. The molecule has 2 N–H and O–H groups in total. The van der Waals surface area contributed by atoms with E-state index in [1.54, 1.807) is 0 Å². The van der Waals surface area contributed by atoms with Gasteiger partial charge >= 0.3 is 0 Å². The SMILES string of the molecule is CC(C)(C)c1cc(NC2=NCCN2)cc2c1OCC2(C)C. The predicted octanol–water partition coefficient (Wildman–Crippen LogP) is 3.03. The Morgan fingerprint density at radius 3 is 2.67 bits per heavy atom. The number of nitrogens with zero attached hydrogens (tertiary/aromatic N) is 1. The molecule has 21 heavy (non-hydrogen) atoms. The molecule has 0 spiro atoms. The number of anilines is 1. The monoisotopic (exact) mass is 287 g/mol. The molecule has 0 fully saturated rings. The maximum atomic E-state index is 6.02. The van der Waals surface area contributed by atoms with Gasteiger partial charge in [0.25, 0.3) is 0 Å². The van der Waals surface area contributed by atoms with Gasteiger partial charge in [0.1, 0.15) is 5.75 Å². The Labute approximate surface area is 127 Å². The third-order valence-electron chi connectivity index (χ3n) is 4.14. The molecule has 2 aliphatic rings. The minimum atomic E-state index is 0.0487. The fourth-order valence-corrected chi connectivity index (χ4v) is 2.87. The van der Waals surface area contributed by atoms with Crippen LogP contribution in [0.2, 0.25) is 0 Å². The molecule has 1 aromatic rings. The van der Waals surface area contributed by atoms with Gasteiger partial charge in [0, 0.05) is 28.8 Å². The zero-order valence-corrected chi connectivity index (χ0v) is 13.6. The van der Waals surface area contributed by atoms with Crippen molar-refractivity contribution in [3.63, 3.8) is 0 Å². The Kier molecular flexibility index (Phi) is 3.15. The Morgan fingerprint density at radius 2 is 2.05 bits per heavy atom. The maximum Gasteiger partial charge on any atom is 0.195 e. The summed E-state index contributed by atoms with van der Waals surface area (Å²) in [5, 5.41) is 6.66. The molecule has 0 aromatic heterocycles. The van der Waals surface area contributed by atoms with E-state index >= 15 is 0 Å². The van der Waals surface area contributed by atoms with Gasteiger partial charge in [-0.25, -0.2) is 0 Å². The summed E-state index contributed by atoms with van der Waals surface area (Å²) in [4.78, 5) is 4.42. The number of aliphatic imine (C=N–C) groups is 1. The number of benzene rings is 1. The van der Waals surface area contributed by atoms with Gasteiger partial charge in [0.2, 0.25) is 0 Å². The minimum Gasteiger partial charge on any atom is -0.492 e. The van der Waals surface area contributed by atoms with Crippen molar-refractivity contribution in [2.24, 2.45) is 4.99 Å². The topological polar surface area (TPSA) is 45.7 Å². The zero-order chi connectivity index (χ0) is 15.3. The van der Waals surface area contributed by atoms with Crippen molar-refractivity contribution in [2.75, 3.05) is 25.0 Å². The molecule has 3 rings (SSSR count). The van der Waals surface area contributed by atoms with Crippen molar-refractivity contribution in [3.8, 4) is 5.75 Å². The molecule has 1 aromatic carbocycles. The first kappa shape index (κ1) is 14.2. The molecule has 0 saturated carbocycles. The van der Waals surface area contributed by atoms with Gasteiger partial charge in [-0.05, 0) is 17.5 Å². The lowest BCUT2D eigenvalue weighted by molar-refractivity contribution is 0.286. The standard InChI is InChI=1S/C17H25N3O/c1-16(2,3)12-8-11(20-15-18-6-7-19-15)9-13-14(12)21-10-17(13,4)5/h8-9H,6-7,10H2,1-5H3,(H2,18,19,20). The first-order chi connectivity index (χ1) is 9.77. The normalized spacial score (nSPS) is 19.6. The van der Waals surface area contributed by atoms with Gasteiger partial charge in [-0.3, -0.25) is 4.99 Å². The second kappa shape index (κ2) is 4.65. The first-order valence-corrected chi connectivity index (χ1v) is 7.64. The molecular weight excluding hydrogens is 262 g/mol. The number of hydrogen-bond acceptors (Lipinski definition) is 4. The van der Waals surface area contributed by atoms with Crippen LogP contribution in [0, 0.1) is 0 Å². The van der Waals surface area contributed by atoms with Crippen molar-refractivity contribution >= 4 is 11.6 Å². The molecule has 2 aliphatic heterocycles. The molecule has 0 bridgehead atoms. The Morgan fingerprint density at radius 1 is 1.29 bits per heavy atom. The van der Waals surface area contributed by atoms with Crippen molar-refractivity contribution in [2.45, 2.75) is 45.4 Å². The molecule has 114 valence electrons. The second-order valence-electron chi connectivity index (χ2n) is 7.61. The average molecular weight is 287 g/mol. The lowest BCUT2D eigenvalue weighted by Crippen LogP contribution is -2.26. The summed E-state index contributed by atoms with van der Waals surface area (Å²) in [6.07, 6.45) is 0. The molecule has 0 radical (unpaired) electrons. The Hall–Kier alpha value is -1.71. The van der Waals surface area contributed by atoms with Crippen LogP contribution in [0.5, 0.6) is 5.75 Å². The largest absolute Gasteiger partial charge is 0.492 e. The van der Waals surface area contributed by atoms with E-state index in [2.05, 4.69) is 62.4 Å². The van der Waals surface area contributed by atoms with Crippen molar-refractivity contribution < 1.29 is 4.74 Å². The van der Waals surface area contributed by atoms with Crippen LogP contribution in [0.4, 0.5) is 5.69 Å². The van der Waals surface area contributed by atoms with E-state index in [-0.39, 0.29) is 10.8 Å². The van der Waals surface area contributed by atoms with Crippen molar-refractivity contribution in [1.82, 2.24) is 5.32 Å². The quantitative estimate of drug-likeness (QED) is 0.834. The molecule has 0 unspecified atom stereocenters. The summed E-state index contributed by atoms with van der Waals surface area (Å²) in [5.74, 6) is 1.94. The minimum absolute atomic E-state index is 0.0487. The summed E-state index contributed by atoms with van der Waals surface area (Å²) in [6.45, 7) is 13.7. The fraction of sp³-hybridized carbons (Fsp3) is 0.588. The van der Waals surface area contributed by atoms with Gasteiger partial charge in [-0.15, -0.1) is 0 Å². The Bertz CT molecular complexity index is 597. The molecule has 4 heteroatoms. The van der Waals surface area contributed by atoms with Crippen LogP contribution in [0.3, 0.4) is 0 Å². The summed E-state index contributed by atoms with van der Waals surface area (Å²) in [5.41, 5.74) is 3.73. The molecule has 2 heterocycles. The summed E-state index contributed by atoms with van der Waals surface area (Å²) in [6, 6.07) is 4.41. The van der Waals surface area contributed by atoms with Crippen LogP contribution < -0.4 is 15.4 Å². The van der Waals surface area contributed by atoms with Crippen LogP contribution in [0.15, 0.2) is 17.1 Å². The van der Waals surface area contributed by atoms with Gasteiger partial charge < -0.3 is 15.4 Å². The van der Waals surface area contributed by atoms with E-state index < -0.39 is 0 Å². The van der Waals surface area contributed by atoms with Gasteiger partial charge in [0.05, 0.1) is 13.2 Å². The van der Waals surface area contributed by atoms with E-state index in [0.29, 0.717) is 0 Å². The van der Waals surface area contributed by atoms with E-state index in [4.69, 9.17) is 4.74 Å². The predicted molar refractivity (Wildman–Crippen MR) is 87.6 cm³/mol. The summed E-state index contributed by atoms with van der Waals surface area (Å²) < 4.78 is 6.02. The highest BCUT2D eigenvalue weighted by molar-refractivity contribution is 5.95. The second-order valence-corrected chi connectivity index (χ2v) is 7.61. The van der Waals surface area contributed by atoms with E-state index in [9.17, 15) is 0 Å². The lowest BCUT2D eigenvalue weighted by Gasteiger charge is -2.24. The molecule has 0 saturated heterocycles. The van der Waals surface area contributed by atoms with Crippen LogP contribution in [0.1, 0.15) is 45.7 Å². The number of hydrogen-bond donors (Lipinski definition) is 2. The highest BCUT2D eigenvalue weighted by atomic mass is 16.5. The third-order valence-corrected chi connectivity index (χ3v) is 4.14. The van der Waals surface area contributed by atoms with E-state index in [0.717, 1.165) is 37.1 Å². The number of fused-ring (bicyclic) bond motifs is 1. The van der Waals surface area contributed by atoms with Gasteiger partial charge in [-0.1, -0.05) is 34.6 Å². The average Bonchev–Trinajstić information content (AvgIpc) is 2.97. The smallest absolute Gasteiger partial charge is 0.195 e. The first-order valence-electron chi connectivity index (χ1n) is 7.64. The number of ether oxygens (including phenoxy) is 1. The van der Waals surface area contributed by atoms with Crippen LogP contribution in [0.25, 0.3) is 0 Å². The maximum absolute atomic E-state index is 6.02. The van der Waals surface area contributed by atoms with Crippen molar-refractivity contribution in [3.05, 3.63) is 23.3 Å². The van der Waals surface area contributed by atoms with Gasteiger partial charge in [-0.2, -0.15) is 0 Å². The van der Waals surface area contributed by atoms with Crippen LogP contribution in [-0.4, -0.2) is 25.7 Å². The molecule has 0 atom stereocenters. The number of rotatable bonds is 1. The number of nitrogens with one attached hydrogen (secondary N) is 2. The van der Waals surface area contributed by atoms with E-state index in [1.807, 2.05) is 0 Å². The van der Waals surface area contributed by atoms with E-state index in [1.165, 1.54) is 11.1 Å². The third kappa shape index (κ3) is 2.59. The Balaban J connectivity index is 2.06.